The summed E-state index contributed by atoms with van der Waals surface area (Å²) in [7, 11) is -1.46. The van der Waals surface area contributed by atoms with Crippen molar-refractivity contribution in [3.05, 3.63) is 47.6 Å². The summed E-state index contributed by atoms with van der Waals surface area (Å²) < 4.78 is 1.85. The molecule has 3 rings (SSSR count). The monoisotopic (exact) mass is 288 g/mol. The van der Waals surface area contributed by atoms with Gasteiger partial charge in [0, 0.05) is 6.54 Å². The van der Waals surface area contributed by atoms with Crippen molar-refractivity contribution in [2.45, 2.75) is 6.54 Å². The second-order valence-corrected chi connectivity index (χ2v) is 4.68. The Bertz CT molecular complexity index is 745. The molecule has 1 aromatic carbocycles. The van der Waals surface area contributed by atoms with Crippen LogP contribution in [-0.2, 0) is 6.54 Å². The molecule has 6 nitrogen and oxygen atoms in total. The van der Waals surface area contributed by atoms with Gasteiger partial charge in [0.1, 0.15) is 11.8 Å². The summed E-state index contributed by atoms with van der Waals surface area (Å²) in [6.45, 7) is 0.547. The molecule has 2 heterocycles. The van der Waals surface area contributed by atoms with E-state index in [0.717, 1.165) is 5.56 Å². The predicted molar refractivity (Wildman–Crippen MR) is 75.7 cm³/mol. The van der Waals surface area contributed by atoms with Gasteiger partial charge in [-0.25, -0.2) is 15.0 Å². The summed E-state index contributed by atoms with van der Waals surface area (Å²) in [5.74, 6) is 0. The van der Waals surface area contributed by atoms with Crippen LogP contribution >= 0.6 is 11.6 Å². The molecule has 0 aliphatic rings. The zero-order valence-electron chi connectivity index (χ0n) is 10.3. The van der Waals surface area contributed by atoms with Gasteiger partial charge in [-0.05, 0) is 11.0 Å². The number of hydrogen-bond donors (Lipinski definition) is 2. The highest BCUT2D eigenvalue weighted by Crippen LogP contribution is 2.19. The maximum absolute atomic E-state index is 9.06. The Morgan fingerprint density at radius 3 is 2.55 bits per heavy atom. The fourth-order valence-corrected chi connectivity index (χ4v) is 2.22. The summed E-state index contributed by atoms with van der Waals surface area (Å²) in [6, 6.07) is 6.96. The number of fused-ring (bicyclic) bond motifs is 1. The Hall–Kier alpha value is -1.96. The van der Waals surface area contributed by atoms with Gasteiger partial charge in [-0.2, -0.15) is 0 Å². The summed E-state index contributed by atoms with van der Waals surface area (Å²) in [6.07, 6.45) is 3.03. The third kappa shape index (κ3) is 2.38. The lowest BCUT2D eigenvalue weighted by atomic mass is 9.80. The molecule has 100 valence electrons. The van der Waals surface area contributed by atoms with E-state index in [1.807, 2.05) is 16.7 Å². The molecule has 0 saturated carbocycles. The summed E-state index contributed by atoms with van der Waals surface area (Å²) in [5.41, 5.74) is 2.66. The van der Waals surface area contributed by atoms with Crippen LogP contribution in [0.1, 0.15) is 5.56 Å². The van der Waals surface area contributed by atoms with Crippen molar-refractivity contribution in [3.63, 3.8) is 0 Å². The van der Waals surface area contributed by atoms with Gasteiger partial charge in [0.15, 0.2) is 10.8 Å². The first-order valence-electron chi connectivity index (χ1n) is 5.91. The van der Waals surface area contributed by atoms with Crippen molar-refractivity contribution < 1.29 is 10.0 Å². The van der Waals surface area contributed by atoms with E-state index in [2.05, 4.69) is 15.0 Å². The van der Waals surface area contributed by atoms with Crippen molar-refractivity contribution >= 4 is 35.3 Å². The van der Waals surface area contributed by atoms with E-state index in [-0.39, 0.29) is 0 Å². The van der Waals surface area contributed by atoms with Crippen molar-refractivity contribution in [2.24, 2.45) is 0 Å². The molecule has 0 spiro atoms. The SMILES string of the molecule is OB(O)c1ccc(Cn2cnc3ncnc(Cl)c32)cc1. The van der Waals surface area contributed by atoms with E-state index < -0.39 is 7.12 Å². The smallest absolute Gasteiger partial charge is 0.423 e. The minimum absolute atomic E-state index is 0.356. The fourth-order valence-electron chi connectivity index (χ4n) is 1.98. The average Bonchev–Trinajstić information content (AvgIpc) is 2.84. The van der Waals surface area contributed by atoms with Crippen LogP contribution in [0.25, 0.3) is 11.2 Å². The molecule has 20 heavy (non-hydrogen) atoms. The van der Waals surface area contributed by atoms with Gasteiger partial charge in [-0.1, -0.05) is 35.9 Å². The number of aromatic nitrogens is 4. The molecule has 0 amide bonds. The Labute approximate surface area is 119 Å². The van der Waals surface area contributed by atoms with E-state index in [4.69, 9.17) is 21.6 Å². The molecule has 2 aromatic heterocycles. The van der Waals surface area contributed by atoms with E-state index in [9.17, 15) is 0 Å². The molecule has 0 atom stereocenters. The van der Waals surface area contributed by atoms with Gasteiger partial charge in [0.05, 0.1) is 6.33 Å². The zero-order valence-corrected chi connectivity index (χ0v) is 11.1. The average molecular weight is 289 g/mol. The highest BCUT2D eigenvalue weighted by atomic mass is 35.5. The van der Waals surface area contributed by atoms with Crippen LogP contribution in [0.3, 0.4) is 0 Å². The second-order valence-electron chi connectivity index (χ2n) is 4.32. The quantitative estimate of drug-likeness (QED) is 0.531. The van der Waals surface area contributed by atoms with Gasteiger partial charge in [0.2, 0.25) is 0 Å². The van der Waals surface area contributed by atoms with Gasteiger partial charge in [-0.15, -0.1) is 0 Å². The van der Waals surface area contributed by atoms with Gasteiger partial charge < -0.3 is 14.6 Å². The number of hydrogen-bond acceptors (Lipinski definition) is 5. The highest BCUT2D eigenvalue weighted by Gasteiger charge is 2.11. The molecule has 0 unspecified atom stereocenters. The van der Waals surface area contributed by atoms with Gasteiger partial charge in [-0.3, -0.25) is 0 Å². The first-order valence-corrected chi connectivity index (χ1v) is 6.29. The number of nitrogens with zero attached hydrogens (tertiary/aromatic N) is 4. The first-order chi connectivity index (χ1) is 9.65. The third-order valence-corrected chi connectivity index (χ3v) is 3.27. The molecule has 3 aromatic rings. The Kier molecular flexibility index (Phi) is 3.39. The van der Waals surface area contributed by atoms with Crippen LogP contribution in [0.2, 0.25) is 5.15 Å². The summed E-state index contributed by atoms with van der Waals surface area (Å²) in [5, 5.41) is 18.5. The maximum Gasteiger partial charge on any atom is 0.488 e. The largest absolute Gasteiger partial charge is 0.488 e. The molecule has 0 radical (unpaired) electrons. The van der Waals surface area contributed by atoms with Crippen molar-refractivity contribution in [2.75, 3.05) is 0 Å². The lowest BCUT2D eigenvalue weighted by Gasteiger charge is -2.06. The van der Waals surface area contributed by atoms with E-state index in [1.165, 1.54) is 6.33 Å². The minimum atomic E-state index is -1.46. The molecule has 2 N–H and O–H groups in total. The molecule has 0 aliphatic heterocycles. The highest BCUT2D eigenvalue weighted by molar-refractivity contribution is 6.58. The van der Waals surface area contributed by atoms with E-state index >= 15 is 0 Å². The van der Waals surface area contributed by atoms with Crippen molar-refractivity contribution in [3.8, 4) is 0 Å². The molecule has 0 bridgehead atoms. The van der Waals surface area contributed by atoms with Crippen LogP contribution in [0.5, 0.6) is 0 Å². The van der Waals surface area contributed by atoms with Crippen LogP contribution < -0.4 is 5.46 Å². The molecular weight excluding hydrogens is 278 g/mol. The van der Waals surface area contributed by atoms with Crippen molar-refractivity contribution in [1.29, 1.82) is 0 Å². The second kappa shape index (κ2) is 5.20. The summed E-state index contributed by atoms with van der Waals surface area (Å²) in [4.78, 5) is 12.2. The lowest BCUT2D eigenvalue weighted by Crippen LogP contribution is -2.29. The van der Waals surface area contributed by atoms with E-state index in [0.29, 0.717) is 28.3 Å². The van der Waals surface area contributed by atoms with Gasteiger partial charge in [0.25, 0.3) is 0 Å². The molecule has 0 fully saturated rings. The number of imidazole rings is 1. The third-order valence-electron chi connectivity index (χ3n) is 3.00. The standard InChI is InChI=1S/C12H10BClN4O2/c14-11-10-12(16-6-15-11)17-7-18(10)5-8-1-3-9(4-2-8)13(19)20/h1-4,6-7,19-20H,5H2. The first kappa shape index (κ1) is 13.0. The predicted octanol–water partition coefficient (Wildman–Crippen LogP) is 0.208. The van der Waals surface area contributed by atoms with E-state index in [1.54, 1.807) is 18.5 Å². The van der Waals surface area contributed by atoms with Crippen LogP contribution in [0, 0.1) is 0 Å². The Morgan fingerprint density at radius 1 is 1.10 bits per heavy atom. The summed E-state index contributed by atoms with van der Waals surface area (Å²) >= 11 is 6.06. The number of benzene rings is 1. The Balaban J connectivity index is 1.93. The molecular formula is C12H10BClN4O2. The lowest BCUT2D eigenvalue weighted by molar-refractivity contribution is 0.426. The topological polar surface area (TPSA) is 84.1 Å². The molecule has 0 saturated heterocycles. The number of rotatable bonds is 3. The van der Waals surface area contributed by atoms with Crippen LogP contribution in [0.15, 0.2) is 36.9 Å². The normalized spacial score (nSPS) is 10.9. The Morgan fingerprint density at radius 2 is 1.85 bits per heavy atom. The van der Waals surface area contributed by atoms with Crippen LogP contribution in [-0.4, -0.2) is 36.7 Å². The van der Waals surface area contributed by atoms with Crippen LogP contribution in [0.4, 0.5) is 0 Å². The molecule has 8 heteroatoms. The van der Waals surface area contributed by atoms with Gasteiger partial charge >= 0.3 is 7.12 Å². The van der Waals surface area contributed by atoms with Crippen molar-refractivity contribution in [1.82, 2.24) is 19.5 Å². The fraction of sp³-hybridized carbons (Fsp3) is 0.0833. The zero-order chi connectivity index (χ0) is 14.1. The maximum atomic E-state index is 9.06. The molecule has 0 aliphatic carbocycles. The number of halogens is 1. The minimum Gasteiger partial charge on any atom is -0.423 e.